The molecule has 0 bridgehead atoms. The molecule has 76 valence electrons. The van der Waals surface area contributed by atoms with Gasteiger partial charge < -0.3 is 0 Å². The molecule has 0 amide bonds. The number of halogens is 1. The lowest BCUT2D eigenvalue weighted by Crippen LogP contribution is -1.90. The van der Waals surface area contributed by atoms with Gasteiger partial charge in [-0.2, -0.15) is 0 Å². The molecule has 0 aliphatic rings. The van der Waals surface area contributed by atoms with E-state index in [1.54, 1.807) is 12.3 Å². The molecule has 0 aliphatic carbocycles. The van der Waals surface area contributed by atoms with Crippen molar-refractivity contribution in [2.75, 3.05) is 0 Å². The Kier molecular flexibility index (Phi) is 2.74. The molecule has 1 aromatic carbocycles. The molecule has 15 heavy (non-hydrogen) atoms. The van der Waals surface area contributed by atoms with E-state index in [2.05, 4.69) is 37.0 Å². The SMILES string of the molecule is Cc1cccc(C)c1-c1cc(Cl)ccn1. The Hall–Kier alpha value is -1.34. The third-order valence-electron chi connectivity index (χ3n) is 2.46. The number of nitrogens with zero attached hydrogens (tertiary/aromatic N) is 1. The second-order valence-corrected chi connectivity index (χ2v) is 4.06. The number of rotatable bonds is 1. The van der Waals surface area contributed by atoms with Gasteiger partial charge in [-0.25, -0.2) is 0 Å². The van der Waals surface area contributed by atoms with E-state index >= 15 is 0 Å². The molecule has 0 N–H and O–H groups in total. The van der Waals surface area contributed by atoms with Crippen LogP contribution in [0.2, 0.25) is 5.02 Å². The Morgan fingerprint density at radius 3 is 2.33 bits per heavy atom. The summed E-state index contributed by atoms with van der Waals surface area (Å²) in [4.78, 5) is 4.35. The monoisotopic (exact) mass is 217 g/mol. The molecule has 0 spiro atoms. The maximum atomic E-state index is 5.96. The van der Waals surface area contributed by atoms with Crippen molar-refractivity contribution in [3.63, 3.8) is 0 Å². The van der Waals surface area contributed by atoms with Crippen LogP contribution in [0.25, 0.3) is 11.3 Å². The molecule has 0 radical (unpaired) electrons. The molecule has 0 aliphatic heterocycles. The lowest BCUT2D eigenvalue weighted by Gasteiger charge is -2.08. The van der Waals surface area contributed by atoms with E-state index in [0.717, 1.165) is 10.7 Å². The van der Waals surface area contributed by atoms with Gasteiger partial charge in [0.1, 0.15) is 0 Å². The Morgan fingerprint density at radius 1 is 1.07 bits per heavy atom. The largest absolute Gasteiger partial charge is 0.256 e. The van der Waals surface area contributed by atoms with Gasteiger partial charge in [0.25, 0.3) is 0 Å². The summed E-state index contributed by atoms with van der Waals surface area (Å²) in [6, 6.07) is 9.92. The predicted octanol–water partition coefficient (Wildman–Crippen LogP) is 4.02. The van der Waals surface area contributed by atoms with E-state index in [9.17, 15) is 0 Å². The lowest BCUT2D eigenvalue weighted by molar-refractivity contribution is 1.28. The fourth-order valence-corrected chi connectivity index (χ4v) is 1.92. The Morgan fingerprint density at radius 2 is 1.73 bits per heavy atom. The molecule has 2 heteroatoms. The number of pyridine rings is 1. The van der Waals surface area contributed by atoms with Crippen LogP contribution in [0.5, 0.6) is 0 Å². The fourth-order valence-electron chi connectivity index (χ4n) is 1.76. The highest BCUT2D eigenvalue weighted by molar-refractivity contribution is 6.30. The average molecular weight is 218 g/mol. The second kappa shape index (κ2) is 4.03. The van der Waals surface area contributed by atoms with Crippen molar-refractivity contribution in [3.8, 4) is 11.3 Å². The molecule has 1 nitrogen and oxygen atoms in total. The number of benzene rings is 1. The second-order valence-electron chi connectivity index (χ2n) is 3.63. The van der Waals surface area contributed by atoms with Crippen molar-refractivity contribution in [3.05, 3.63) is 52.7 Å². The molecular weight excluding hydrogens is 206 g/mol. The lowest BCUT2D eigenvalue weighted by atomic mass is 10.00. The standard InChI is InChI=1S/C13H12ClN/c1-9-4-3-5-10(2)13(9)12-8-11(14)6-7-15-12/h3-8H,1-2H3. The van der Waals surface area contributed by atoms with E-state index in [-0.39, 0.29) is 0 Å². The van der Waals surface area contributed by atoms with Crippen LogP contribution in [-0.2, 0) is 0 Å². The molecule has 0 saturated heterocycles. The third-order valence-corrected chi connectivity index (χ3v) is 2.69. The van der Waals surface area contributed by atoms with Gasteiger partial charge in [0.15, 0.2) is 0 Å². The highest BCUT2D eigenvalue weighted by atomic mass is 35.5. The summed E-state index contributed by atoms with van der Waals surface area (Å²) in [7, 11) is 0. The summed E-state index contributed by atoms with van der Waals surface area (Å²) in [5.74, 6) is 0. The van der Waals surface area contributed by atoms with Gasteiger partial charge in [-0.05, 0) is 37.1 Å². The maximum Gasteiger partial charge on any atom is 0.0722 e. The van der Waals surface area contributed by atoms with Gasteiger partial charge >= 0.3 is 0 Å². The molecule has 1 heterocycles. The van der Waals surface area contributed by atoms with Crippen LogP contribution in [0.3, 0.4) is 0 Å². The first-order valence-electron chi connectivity index (χ1n) is 4.86. The predicted molar refractivity (Wildman–Crippen MR) is 64.2 cm³/mol. The summed E-state index contributed by atoms with van der Waals surface area (Å²) in [5.41, 5.74) is 4.58. The topological polar surface area (TPSA) is 12.9 Å². The zero-order chi connectivity index (χ0) is 10.8. The van der Waals surface area contributed by atoms with Crippen molar-refractivity contribution in [1.29, 1.82) is 0 Å². The number of aromatic nitrogens is 1. The first-order valence-corrected chi connectivity index (χ1v) is 5.24. The molecule has 0 atom stereocenters. The average Bonchev–Trinajstić information content (AvgIpc) is 2.17. The van der Waals surface area contributed by atoms with Gasteiger partial charge in [0.05, 0.1) is 5.69 Å². The van der Waals surface area contributed by atoms with Gasteiger partial charge in [0.2, 0.25) is 0 Å². The van der Waals surface area contributed by atoms with Crippen LogP contribution in [-0.4, -0.2) is 4.98 Å². The molecule has 1 aromatic heterocycles. The molecule has 0 unspecified atom stereocenters. The van der Waals surface area contributed by atoms with E-state index in [0.29, 0.717) is 0 Å². The minimum absolute atomic E-state index is 0.725. The minimum atomic E-state index is 0.725. The number of hydrogen-bond donors (Lipinski definition) is 0. The van der Waals surface area contributed by atoms with Gasteiger partial charge in [-0.1, -0.05) is 29.8 Å². The van der Waals surface area contributed by atoms with Crippen molar-refractivity contribution >= 4 is 11.6 Å². The van der Waals surface area contributed by atoms with Crippen LogP contribution < -0.4 is 0 Å². The third kappa shape index (κ3) is 2.02. The van der Waals surface area contributed by atoms with Crippen molar-refractivity contribution in [2.24, 2.45) is 0 Å². The van der Waals surface area contributed by atoms with Crippen molar-refractivity contribution in [2.45, 2.75) is 13.8 Å². The maximum absolute atomic E-state index is 5.96. The fraction of sp³-hybridized carbons (Fsp3) is 0.154. The van der Waals surface area contributed by atoms with Crippen LogP contribution in [0.4, 0.5) is 0 Å². The smallest absolute Gasteiger partial charge is 0.0722 e. The summed E-state index contributed by atoms with van der Waals surface area (Å²) >= 11 is 5.96. The first-order chi connectivity index (χ1) is 7.18. The summed E-state index contributed by atoms with van der Waals surface area (Å²) in [6.07, 6.45) is 1.74. The van der Waals surface area contributed by atoms with Gasteiger partial charge in [-0.15, -0.1) is 0 Å². The molecule has 2 rings (SSSR count). The normalized spacial score (nSPS) is 10.3. The molecular formula is C13H12ClN. The van der Waals surface area contributed by atoms with Crippen molar-refractivity contribution in [1.82, 2.24) is 4.98 Å². The molecule has 0 fully saturated rings. The molecule has 0 saturated carbocycles. The van der Waals surface area contributed by atoms with Crippen LogP contribution >= 0.6 is 11.6 Å². The van der Waals surface area contributed by atoms with Crippen LogP contribution in [0.1, 0.15) is 11.1 Å². The van der Waals surface area contributed by atoms with E-state index in [4.69, 9.17) is 11.6 Å². The highest BCUT2D eigenvalue weighted by Gasteiger charge is 2.06. The molecule has 2 aromatic rings. The minimum Gasteiger partial charge on any atom is -0.256 e. The quantitative estimate of drug-likeness (QED) is 0.703. The Balaban J connectivity index is 2.63. The van der Waals surface area contributed by atoms with E-state index < -0.39 is 0 Å². The van der Waals surface area contributed by atoms with Crippen molar-refractivity contribution < 1.29 is 0 Å². The van der Waals surface area contributed by atoms with Crippen LogP contribution in [0.15, 0.2) is 36.5 Å². The van der Waals surface area contributed by atoms with Gasteiger partial charge in [0, 0.05) is 16.8 Å². The Bertz CT molecular complexity index is 471. The summed E-state index contributed by atoms with van der Waals surface area (Å²) in [6.45, 7) is 4.18. The number of aryl methyl sites for hydroxylation is 2. The highest BCUT2D eigenvalue weighted by Crippen LogP contribution is 2.26. The van der Waals surface area contributed by atoms with Crippen LogP contribution in [0, 0.1) is 13.8 Å². The first kappa shape index (κ1) is 10.2. The number of hydrogen-bond acceptors (Lipinski definition) is 1. The summed E-state index contributed by atoms with van der Waals surface area (Å²) < 4.78 is 0. The van der Waals surface area contributed by atoms with Gasteiger partial charge in [-0.3, -0.25) is 4.98 Å². The van der Waals surface area contributed by atoms with E-state index in [1.165, 1.54) is 16.7 Å². The summed E-state index contributed by atoms with van der Waals surface area (Å²) in [5, 5.41) is 0.725. The zero-order valence-corrected chi connectivity index (χ0v) is 9.55. The zero-order valence-electron chi connectivity index (χ0n) is 8.79. The van der Waals surface area contributed by atoms with E-state index in [1.807, 2.05) is 6.07 Å². The Labute approximate surface area is 94.7 Å².